The average molecular weight is 231 g/mol. The molecule has 0 aromatic carbocycles. The summed E-state index contributed by atoms with van der Waals surface area (Å²) in [5, 5.41) is 0. The second kappa shape index (κ2) is 4.16. The largest absolute Gasteiger partial charge is 0.383 e. The number of rotatable bonds is 2. The highest BCUT2D eigenvalue weighted by Gasteiger charge is 2.12. The quantitative estimate of drug-likeness (QED) is 0.854. The molecule has 0 saturated heterocycles. The van der Waals surface area contributed by atoms with Crippen LogP contribution in [0.1, 0.15) is 29.7 Å². The van der Waals surface area contributed by atoms with E-state index in [0.29, 0.717) is 5.82 Å². The second-order valence-electron chi connectivity index (χ2n) is 4.11. The molecule has 2 N–H and O–H groups in total. The molecule has 90 valence electrons. The molecule has 0 spiro atoms. The summed E-state index contributed by atoms with van der Waals surface area (Å²) in [7, 11) is 0. The van der Waals surface area contributed by atoms with Crippen LogP contribution in [0, 0.1) is 20.8 Å². The van der Waals surface area contributed by atoms with Gasteiger partial charge in [-0.05, 0) is 20.8 Å². The van der Waals surface area contributed by atoms with Gasteiger partial charge in [-0.1, -0.05) is 6.92 Å². The number of imidazole rings is 1. The molecular weight excluding hydrogens is 214 g/mol. The fourth-order valence-electron chi connectivity index (χ4n) is 1.67. The van der Waals surface area contributed by atoms with Crippen LogP contribution in [-0.2, 0) is 6.42 Å². The molecule has 0 saturated carbocycles. The normalized spacial score (nSPS) is 10.8. The molecule has 0 atom stereocenters. The molecule has 0 unspecified atom stereocenters. The SMILES string of the molecule is CCc1nc(N)c(C)c(-n2cnc(C)c2C)n1. The summed E-state index contributed by atoms with van der Waals surface area (Å²) in [6.07, 6.45) is 2.54. The fourth-order valence-corrected chi connectivity index (χ4v) is 1.67. The van der Waals surface area contributed by atoms with Crippen LogP contribution in [0.3, 0.4) is 0 Å². The van der Waals surface area contributed by atoms with Crippen LogP contribution in [0.5, 0.6) is 0 Å². The van der Waals surface area contributed by atoms with Crippen molar-refractivity contribution in [1.82, 2.24) is 19.5 Å². The van der Waals surface area contributed by atoms with E-state index in [-0.39, 0.29) is 0 Å². The van der Waals surface area contributed by atoms with Crippen LogP contribution in [-0.4, -0.2) is 19.5 Å². The van der Waals surface area contributed by atoms with Gasteiger partial charge in [0.15, 0.2) is 0 Å². The van der Waals surface area contributed by atoms with Gasteiger partial charge in [0.05, 0.1) is 5.69 Å². The lowest BCUT2D eigenvalue weighted by atomic mass is 10.3. The molecule has 0 radical (unpaired) electrons. The van der Waals surface area contributed by atoms with Crippen LogP contribution < -0.4 is 5.73 Å². The number of nitrogens with two attached hydrogens (primary N) is 1. The van der Waals surface area contributed by atoms with Crippen molar-refractivity contribution < 1.29 is 0 Å². The molecule has 0 aliphatic carbocycles. The van der Waals surface area contributed by atoms with Gasteiger partial charge in [-0.25, -0.2) is 15.0 Å². The van der Waals surface area contributed by atoms with E-state index in [0.717, 1.165) is 35.0 Å². The Kier molecular flexibility index (Phi) is 2.83. The van der Waals surface area contributed by atoms with Gasteiger partial charge in [0.1, 0.15) is 23.8 Å². The zero-order valence-electron chi connectivity index (χ0n) is 10.7. The number of aryl methyl sites for hydroxylation is 2. The van der Waals surface area contributed by atoms with E-state index >= 15 is 0 Å². The molecule has 5 heteroatoms. The van der Waals surface area contributed by atoms with Crippen molar-refractivity contribution in [2.45, 2.75) is 34.1 Å². The molecule has 0 amide bonds. The Morgan fingerprint density at radius 2 is 1.94 bits per heavy atom. The number of nitrogens with zero attached hydrogens (tertiary/aromatic N) is 4. The van der Waals surface area contributed by atoms with Crippen molar-refractivity contribution in [3.8, 4) is 5.82 Å². The second-order valence-corrected chi connectivity index (χ2v) is 4.11. The fraction of sp³-hybridized carbons (Fsp3) is 0.417. The smallest absolute Gasteiger partial charge is 0.146 e. The number of hydrogen-bond acceptors (Lipinski definition) is 4. The number of nitrogen functional groups attached to an aromatic ring is 1. The Labute approximate surface area is 101 Å². The lowest BCUT2D eigenvalue weighted by Gasteiger charge is -2.11. The van der Waals surface area contributed by atoms with Crippen LogP contribution in [0.15, 0.2) is 6.33 Å². The van der Waals surface area contributed by atoms with Crippen LogP contribution in [0.25, 0.3) is 5.82 Å². The van der Waals surface area contributed by atoms with E-state index < -0.39 is 0 Å². The highest BCUT2D eigenvalue weighted by atomic mass is 15.1. The summed E-state index contributed by atoms with van der Waals surface area (Å²) in [6.45, 7) is 7.94. The van der Waals surface area contributed by atoms with Crippen molar-refractivity contribution in [2.24, 2.45) is 0 Å². The zero-order chi connectivity index (χ0) is 12.6. The molecule has 2 aromatic heterocycles. The molecule has 2 aromatic rings. The third kappa shape index (κ3) is 1.88. The van der Waals surface area contributed by atoms with Gasteiger partial charge in [0.25, 0.3) is 0 Å². The number of anilines is 1. The minimum Gasteiger partial charge on any atom is -0.383 e. The van der Waals surface area contributed by atoms with Crippen molar-refractivity contribution in [2.75, 3.05) is 5.73 Å². The molecule has 2 rings (SSSR count). The Hall–Kier alpha value is -1.91. The maximum atomic E-state index is 5.91. The Balaban J connectivity index is 2.66. The molecule has 2 heterocycles. The first kappa shape index (κ1) is 11.6. The van der Waals surface area contributed by atoms with Gasteiger partial charge in [-0.3, -0.25) is 4.57 Å². The standard InChI is InChI=1S/C12H17N5/c1-5-10-15-11(13)7(2)12(16-10)17-6-14-8(3)9(17)4/h6H,5H2,1-4H3,(H2,13,15,16). The zero-order valence-corrected chi connectivity index (χ0v) is 10.7. The van der Waals surface area contributed by atoms with E-state index in [1.807, 2.05) is 32.3 Å². The van der Waals surface area contributed by atoms with Crippen LogP contribution in [0.2, 0.25) is 0 Å². The first-order valence-electron chi connectivity index (χ1n) is 5.68. The molecule has 17 heavy (non-hydrogen) atoms. The first-order valence-corrected chi connectivity index (χ1v) is 5.68. The van der Waals surface area contributed by atoms with Crippen molar-refractivity contribution in [3.05, 3.63) is 29.1 Å². The van der Waals surface area contributed by atoms with E-state index in [1.165, 1.54) is 0 Å². The van der Waals surface area contributed by atoms with Crippen LogP contribution in [0.4, 0.5) is 5.82 Å². The summed E-state index contributed by atoms with van der Waals surface area (Å²) < 4.78 is 1.96. The summed E-state index contributed by atoms with van der Waals surface area (Å²) in [6, 6.07) is 0. The summed E-state index contributed by atoms with van der Waals surface area (Å²) in [5.41, 5.74) is 8.87. The summed E-state index contributed by atoms with van der Waals surface area (Å²) in [4.78, 5) is 13.1. The lowest BCUT2D eigenvalue weighted by molar-refractivity contribution is 0.864. The predicted molar refractivity (Wildman–Crippen MR) is 67.2 cm³/mol. The minimum absolute atomic E-state index is 0.539. The third-order valence-electron chi connectivity index (χ3n) is 3.00. The number of hydrogen-bond donors (Lipinski definition) is 1. The van der Waals surface area contributed by atoms with Crippen molar-refractivity contribution >= 4 is 5.82 Å². The monoisotopic (exact) mass is 231 g/mol. The van der Waals surface area contributed by atoms with Gasteiger partial charge in [0, 0.05) is 17.7 Å². The molecule has 0 fully saturated rings. The first-order chi connectivity index (χ1) is 8.04. The van der Waals surface area contributed by atoms with Crippen molar-refractivity contribution in [1.29, 1.82) is 0 Å². The van der Waals surface area contributed by atoms with E-state index in [9.17, 15) is 0 Å². The molecular formula is C12H17N5. The molecule has 0 bridgehead atoms. The van der Waals surface area contributed by atoms with E-state index in [1.54, 1.807) is 6.33 Å². The predicted octanol–water partition coefficient (Wildman–Crippen LogP) is 1.73. The maximum Gasteiger partial charge on any atom is 0.146 e. The van der Waals surface area contributed by atoms with Gasteiger partial charge in [-0.2, -0.15) is 0 Å². The topological polar surface area (TPSA) is 69.6 Å². The van der Waals surface area contributed by atoms with Gasteiger partial charge >= 0.3 is 0 Å². The number of aromatic nitrogens is 4. The van der Waals surface area contributed by atoms with E-state index in [4.69, 9.17) is 5.73 Å². The van der Waals surface area contributed by atoms with Crippen molar-refractivity contribution in [3.63, 3.8) is 0 Å². The highest BCUT2D eigenvalue weighted by Crippen LogP contribution is 2.19. The van der Waals surface area contributed by atoms with E-state index in [2.05, 4.69) is 15.0 Å². The Bertz CT molecular complexity index is 556. The lowest BCUT2D eigenvalue weighted by Crippen LogP contribution is -2.09. The van der Waals surface area contributed by atoms with Gasteiger partial charge < -0.3 is 5.73 Å². The Morgan fingerprint density at radius 3 is 2.47 bits per heavy atom. The summed E-state index contributed by atoms with van der Waals surface area (Å²) in [5.74, 6) is 2.12. The minimum atomic E-state index is 0.539. The maximum absolute atomic E-state index is 5.91. The van der Waals surface area contributed by atoms with Crippen LogP contribution >= 0.6 is 0 Å². The average Bonchev–Trinajstić information content (AvgIpc) is 2.64. The molecule has 0 aliphatic rings. The van der Waals surface area contributed by atoms with Gasteiger partial charge in [-0.15, -0.1) is 0 Å². The highest BCUT2D eigenvalue weighted by molar-refractivity contribution is 5.49. The summed E-state index contributed by atoms with van der Waals surface area (Å²) >= 11 is 0. The Morgan fingerprint density at radius 1 is 1.24 bits per heavy atom. The van der Waals surface area contributed by atoms with Gasteiger partial charge in [0.2, 0.25) is 0 Å². The molecule has 5 nitrogen and oxygen atoms in total. The molecule has 0 aliphatic heterocycles. The third-order valence-corrected chi connectivity index (χ3v) is 3.00.